The van der Waals surface area contributed by atoms with Crippen molar-refractivity contribution in [2.45, 2.75) is 26.3 Å². The SMILES string of the molecule is CCC(C)NC(=O)COc1c(OC)cccc1OC. The van der Waals surface area contributed by atoms with Crippen LogP contribution in [0.3, 0.4) is 0 Å². The second-order valence-electron chi connectivity index (χ2n) is 4.16. The predicted molar refractivity (Wildman–Crippen MR) is 72.9 cm³/mol. The number of para-hydroxylation sites is 1. The summed E-state index contributed by atoms with van der Waals surface area (Å²) in [7, 11) is 3.09. The van der Waals surface area contributed by atoms with Gasteiger partial charge in [0.2, 0.25) is 5.75 Å². The van der Waals surface area contributed by atoms with Gasteiger partial charge in [0.15, 0.2) is 18.1 Å². The van der Waals surface area contributed by atoms with Crippen molar-refractivity contribution in [3.8, 4) is 17.2 Å². The quantitative estimate of drug-likeness (QED) is 0.821. The highest BCUT2D eigenvalue weighted by Crippen LogP contribution is 2.36. The molecular formula is C14H21NO4. The van der Waals surface area contributed by atoms with Gasteiger partial charge in [0.1, 0.15) is 0 Å². The third-order valence-electron chi connectivity index (χ3n) is 2.75. The largest absolute Gasteiger partial charge is 0.493 e. The van der Waals surface area contributed by atoms with Gasteiger partial charge in [-0.1, -0.05) is 13.0 Å². The monoisotopic (exact) mass is 267 g/mol. The smallest absolute Gasteiger partial charge is 0.258 e. The first-order chi connectivity index (χ1) is 9.12. The van der Waals surface area contributed by atoms with E-state index in [0.29, 0.717) is 17.2 Å². The van der Waals surface area contributed by atoms with Crippen molar-refractivity contribution in [1.29, 1.82) is 0 Å². The molecule has 1 aromatic rings. The van der Waals surface area contributed by atoms with Crippen molar-refractivity contribution in [3.05, 3.63) is 18.2 Å². The molecule has 0 saturated carbocycles. The Hall–Kier alpha value is -1.91. The molecule has 5 heteroatoms. The van der Waals surface area contributed by atoms with Crippen molar-refractivity contribution < 1.29 is 19.0 Å². The predicted octanol–water partition coefficient (Wildman–Crippen LogP) is 2.00. The highest BCUT2D eigenvalue weighted by molar-refractivity contribution is 5.78. The van der Waals surface area contributed by atoms with Gasteiger partial charge in [-0.3, -0.25) is 4.79 Å². The van der Waals surface area contributed by atoms with E-state index >= 15 is 0 Å². The molecule has 1 atom stereocenters. The van der Waals surface area contributed by atoms with Gasteiger partial charge in [0, 0.05) is 6.04 Å². The van der Waals surface area contributed by atoms with Crippen molar-refractivity contribution in [3.63, 3.8) is 0 Å². The summed E-state index contributed by atoms with van der Waals surface area (Å²) in [6.45, 7) is 3.89. The summed E-state index contributed by atoms with van der Waals surface area (Å²) >= 11 is 0. The lowest BCUT2D eigenvalue weighted by atomic mass is 10.2. The maximum Gasteiger partial charge on any atom is 0.258 e. The normalized spacial score (nSPS) is 11.6. The van der Waals surface area contributed by atoms with Crippen LogP contribution in [0.15, 0.2) is 18.2 Å². The molecule has 0 saturated heterocycles. The molecule has 1 amide bonds. The first-order valence-electron chi connectivity index (χ1n) is 6.25. The van der Waals surface area contributed by atoms with Crippen LogP contribution in [0.4, 0.5) is 0 Å². The molecule has 0 heterocycles. The molecule has 1 N–H and O–H groups in total. The molecule has 0 bridgehead atoms. The van der Waals surface area contributed by atoms with Crippen molar-refractivity contribution in [2.75, 3.05) is 20.8 Å². The summed E-state index contributed by atoms with van der Waals surface area (Å²) in [6, 6.07) is 5.44. The maximum absolute atomic E-state index is 11.7. The molecule has 0 spiro atoms. The van der Waals surface area contributed by atoms with E-state index in [1.165, 1.54) is 0 Å². The minimum Gasteiger partial charge on any atom is -0.493 e. The Labute approximate surface area is 113 Å². The number of carbonyl (C=O) groups is 1. The highest BCUT2D eigenvalue weighted by Gasteiger charge is 2.13. The van der Waals surface area contributed by atoms with Crippen LogP contribution in [-0.2, 0) is 4.79 Å². The van der Waals surface area contributed by atoms with Gasteiger partial charge in [0.05, 0.1) is 14.2 Å². The van der Waals surface area contributed by atoms with E-state index in [2.05, 4.69) is 5.32 Å². The molecule has 0 fully saturated rings. The van der Waals surface area contributed by atoms with Crippen LogP contribution in [0, 0.1) is 0 Å². The number of benzene rings is 1. The van der Waals surface area contributed by atoms with Crippen LogP contribution in [0.2, 0.25) is 0 Å². The van der Waals surface area contributed by atoms with Gasteiger partial charge in [-0.15, -0.1) is 0 Å². The average molecular weight is 267 g/mol. The first-order valence-corrected chi connectivity index (χ1v) is 6.25. The fourth-order valence-corrected chi connectivity index (χ4v) is 1.52. The van der Waals surface area contributed by atoms with Crippen molar-refractivity contribution in [1.82, 2.24) is 5.32 Å². The summed E-state index contributed by atoms with van der Waals surface area (Å²) in [4.78, 5) is 11.7. The van der Waals surface area contributed by atoms with Crippen LogP contribution < -0.4 is 19.5 Å². The van der Waals surface area contributed by atoms with Gasteiger partial charge in [0.25, 0.3) is 5.91 Å². The summed E-state index contributed by atoms with van der Waals surface area (Å²) in [5.74, 6) is 1.35. The number of rotatable bonds is 7. The molecule has 106 valence electrons. The van der Waals surface area contributed by atoms with Crippen molar-refractivity contribution in [2.24, 2.45) is 0 Å². The molecule has 0 aliphatic heterocycles. The minimum atomic E-state index is -0.165. The van der Waals surface area contributed by atoms with Crippen LogP contribution in [0.25, 0.3) is 0 Å². The van der Waals surface area contributed by atoms with Crippen LogP contribution >= 0.6 is 0 Å². The lowest BCUT2D eigenvalue weighted by molar-refractivity contribution is -0.123. The number of nitrogens with one attached hydrogen (secondary N) is 1. The van der Waals surface area contributed by atoms with Gasteiger partial charge in [-0.05, 0) is 25.5 Å². The summed E-state index contributed by atoms with van der Waals surface area (Å²) in [5, 5.41) is 2.83. The molecule has 0 aromatic heterocycles. The van der Waals surface area contributed by atoms with E-state index in [4.69, 9.17) is 14.2 Å². The Morgan fingerprint density at radius 2 is 1.84 bits per heavy atom. The zero-order valence-electron chi connectivity index (χ0n) is 11.9. The molecule has 19 heavy (non-hydrogen) atoms. The van der Waals surface area contributed by atoms with Crippen LogP contribution in [0.1, 0.15) is 20.3 Å². The Bertz CT molecular complexity index is 398. The Morgan fingerprint density at radius 3 is 2.32 bits per heavy atom. The number of amides is 1. The molecular weight excluding hydrogens is 246 g/mol. The fraction of sp³-hybridized carbons (Fsp3) is 0.500. The molecule has 5 nitrogen and oxygen atoms in total. The number of hydrogen-bond acceptors (Lipinski definition) is 4. The molecule has 0 aliphatic carbocycles. The third kappa shape index (κ3) is 4.35. The van der Waals surface area contributed by atoms with E-state index < -0.39 is 0 Å². The Balaban J connectivity index is 2.68. The number of hydrogen-bond donors (Lipinski definition) is 1. The Morgan fingerprint density at radius 1 is 1.26 bits per heavy atom. The molecule has 0 aliphatic rings. The zero-order chi connectivity index (χ0) is 14.3. The van der Waals surface area contributed by atoms with Gasteiger partial charge in [-0.2, -0.15) is 0 Å². The van der Waals surface area contributed by atoms with Crippen molar-refractivity contribution >= 4 is 5.91 Å². The lowest BCUT2D eigenvalue weighted by Crippen LogP contribution is -2.35. The zero-order valence-corrected chi connectivity index (χ0v) is 11.9. The van der Waals surface area contributed by atoms with E-state index in [9.17, 15) is 4.79 Å². The van der Waals surface area contributed by atoms with Crippen LogP contribution in [-0.4, -0.2) is 32.8 Å². The molecule has 0 radical (unpaired) electrons. The molecule has 1 rings (SSSR count). The van der Waals surface area contributed by atoms with E-state index in [0.717, 1.165) is 6.42 Å². The number of ether oxygens (including phenoxy) is 3. The maximum atomic E-state index is 11.7. The number of carbonyl (C=O) groups excluding carboxylic acids is 1. The molecule has 1 unspecified atom stereocenters. The van der Waals surface area contributed by atoms with Gasteiger partial charge >= 0.3 is 0 Å². The average Bonchev–Trinajstić information content (AvgIpc) is 2.44. The molecule has 1 aromatic carbocycles. The lowest BCUT2D eigenvalue weighted by Gasteiger charge is -2.15. The third-order valence-corrected chi connectivity index (χ3v) is 2.75. The van der Waals surface area contributed by atoms with E-state index in [1.54, 1.807) is 32.4 Å². The second-order valence-corrected chi connectivity index (χ2v) is 4.16. The summed E-state index contributed by atoms with van der Waals surface area (Å²) in [6.07, 6.45) is 0.879. The van der Waals surface area contributed by atoms with Gasteiger partial charge in [-0.25, -0.2) is 0 Å². The first kappa shape index (κ1) is 15.1. The minimum absolute atomic E-state index is 0.0684. The van der Waals surface area contributed by atoms with Gasteiger partial charge < -0.3 is 19.5 Å². The summed E-state index contributed by atoms with van der Waals surface area (Å²) < 4.78 is 15.9. The number of methoxy groups -OCH3 is 2. The fourth-order valence-electron chi connectivity index (χ4n) is 1.52. The van der Waals surface area contributed by atoms with E-state index in [-0.39, 0.29) is 18.6 Å². The van der Waals surface area contributed by atoms with E-state index in [1.807, 2.05) is 13.8 Å². The highest BCUT2D eigenvalue weighted by atomic mass is 16.5. The topological polar surface area (TPSA) is 56.8 Å². The Kier molecular flexibility index (Phi) is 5.99. The van der Waals surface area contributed by atoms with Crippen LogP contribution in [0.5, 0.6) is 17.2 Å². The standard InChI is InChI=1S/C14H21NO4/c1-5-10(2)15-13(16)9-19-14-11(17-3)7-6-8-12(14)18-4/h6-8,10H,5,9H2,1-4H3,(H,15,16). The second kappa shape index (κ2) is 7.51. The summed E-state index contributed by atoms with van der Waals surface area (Å²) in [5.41, 5.74) is 0.